The van der Waals surface area contributed by atoms with Crippen LogP contribution in [0, 0.1) is 0 Å². The molecule has 0 spiro atoms. The van der Waals surface area contributed by atoms with Gasteiger partial charge in [0.25, 0.3) is 0 Å². The van der Waals surface area contributed by atoms with Crippen molar-refractivity contribution in [3.63, 3.8) is 0 Å². The molecule has 0 fully saturated rings. The molecule has 0 unspecified atom stereocenters. The third kappa shape index (κ3) is 480. The van der Waals surface area contributed by atoms with E-state index >= 15 is 0 Å². The maximum atomic E-state index is 8.36. The van der Waals surface area contributed by atoms with E-state index in [1.807, 2.05) is 0 Å². The van der Waals surface area contributed by atoms with Gasteiger partial charge in [-0.2, -0.15) is 0 Å². The van der Waals surface area contributed by atoms with Crippen molar-refractivity contribution in [2.24, 2.45) is 0 Å². The summed E-state index contributed by atoms with van der Waals surface area (Å²) in [6.45, 7) is 0. The van der Waals surface area contributed by atoms with Crippen molar-refractivity contribution in [2.45, 2.75) is 0 Å². The van der Waals surface area contributed by atoms with E-state index in [4.69, 9.17) is 24.8 Å². The van der Waals surface area contributed by atoms with E-state index in [1.54, 1.807) is 0 Å². The zero-order valence-electron chi connectivity index (χ0n) is 3.35. The molecule has 40 valence electrons. The van der Waals surface area contributed by atoms with Gasteiger partial charge in [-0.25, -0.2) is 0 Å². The number of hydrogen-bond acceptors (Lipinski definition) is 4. The van der Waals surface area contributed by atoms with E-state index in [9.17, 15) is 0 Å². The van der Waals surface area contributed by atoms with Gasteiger partial charge in [-0.15, -0.1) is 0 Å². The molecule has 0 aromatic carbocycles. The summed E-state index contributed by atoms with van der Waals surface area (Å²) >= 11 is 0. The topological polar surface area (TPSA) is 98.0 Å². The van der Waals surface area contributed by atoms with Crippen molar-refractivity contribution in [1.82, 2.24) is 0 Å². The molecule has 7 heavy (non-hydrogen) atoms. The average molecular weight is 106 g/mol. The average Bonchev–Trinajstić information content (AvgIpc) is 1.33. The van der Waals surface area contributed by atoms with Gasteiger partial charge in [0.05, 0.1) is 0 Å². The Labute approximate surface area is 40.7 Å². The summed E-state index contributed by atoms with van der Waals surface area (Å²) in [6, 6.07) is 0. The van der Waals surface area contributed by atoms with Crippen molar-refractivity contribution in [2.75, 3.05) is 0 Å². The molecule has 0 saturated carbocycles. The molecule has 7 heteroatoms. The van der Waals surface area contributed by atoms with Crippen molar-refractivity contribution >= 4 is 14.7 Å². The summed E-state index contributed by atoms with van der Waals surface area (Å²) in [5.74, 6) is 0. The number of hydrogen-bond donors (Lipinski definition) is 4. The van der Waals surface area contributed by atoms with E-state index < -0.39 is 7.32 Å². The monoisotopic (exact) mass is 106 g/mol. The van der Waals surface area contributed by atoms with E-state index in [0.717, 1.165) is 0 Å². The second-order valence-electron chi connectivity index (χ2n) is 0.452. The van der Waals surface area contributed by atoms with Crippen LogP contribution in [0.15, 0.2) is 0 Å². The summed E-state index contributed by atoms with van der Waals surface area (Å²) in [4.78, 5) is 0. The van der Waals surface area contributed by atoms with Crippen LogP contribution in [0.2, 0.25) is 0 Å². The molecule has 0 rings (SSSR count). The molecule has 0 bridgehead atoms. The van der Waals surface area contributed by atoms with Crippen LogP contribution in [0.3, 0.4) is 0 Å². The summed E-state index contributed by atoms with van der Waals surface area (Å²) in [6.07, 6.45) is 0. The minimum absolute atomic E-state index is 0.250. The standard InChI is InChI=1S/BH3O3.BHO2/c2-1(3)4;2-1-3/h2-4H;2H. The number of rotatable bonds is 0. The van der Waals surface area contributed by atoms with Gasteiger partial charge in [0.15, 0.2) is 0 Å². The molecule has 0 aromatic heterocycles. The van der Waals surface area contributed by atoms with Gasteiger partial charge >= 0.3 is 24.4 Å². The van der Waals surface area contributed by atoms with Crippen LogP contribution >= 0.6 is 0 Å². The fourth-order valence-corrected chi connectivity index (χ4v) is 0. The van der Waals surface area contributed by atoms with E-state index in [1.165, 1.54) is 0 Å². The summed E-state index contributed by atoms with van der Waals surface area (Å²) in [7, 11) is -2.42. The molecule has 4 N–H and O–H groups in total. The van der Waals surface area contributed by atoms with Crippen molar-refractivity contribution in [3.8, 4) is 0 Å². The Morgan fingerprint density at radius 1 is 1.29 bits per heavy atom. The first-order valence-corrected chi connectivity index (χ1v) is 1.27. The molecule has 0 saturated heterocycles. The first-order chi connectivity index (χ1) is 3.15. The van der Waals surface area contributed by atoms with Gasteiger partial charge in [-0.3, -0.25) is 0 Å². The Morgan fingerprint density at radius 3 is 1.29 bits per heavy atom. The van der Waals surface area contributed by atoms with Crippen LogP contribution in [0.5, 0.6) is 0 Å². The summed E-state index contributed by atoms with van der Waals surface area (Å²) in [5, 5.41) is 28.4. The third-order valence-electron chi connectivity index (χ3n) is 0. The zero-order chi connectivity index (χ0) is 6.28. The SMILES string of the molecule is O=BO.OB(O)O. The fourth-order valence-electron chi connectivity index (χ4n) is 0. The molecule has 0 aliphatic rings. The Bertz CT molecular complexity index is 30.3. The Kier molecular flexibility index (Phi) is 12.8. The molecule has 0 radical (unpaired) electrons. The van der Waals surface area contributed by atoms with Crippen molar-refractivity contribution in [3.05, 3.63) is 0 Å². The van der Waals surface area contributed by atoms with Crippen molar-refractivity contribution < 1.29 is 24.8 Å². The molecular weight excluding hydrogens is 102 g/mol. The second-order valence-corrected chi connectivity index (χ2v) is 0.452. The summed E-state index contributed by atoms with van der Waals surface area (Å²) < 4.78 is 8.36. The van der Waals surface area contributed by atoms with Crippen LogP contribution in [0.1, 0.15) is 0 Å². The van der Waals surface area contributed by atoms with Gasteiger partial charge in [0, 0.05) is 0 Å². The normalized spacial score (nSPS) is 5.00. The molecule has 5 nitrogen and oxygen atoms in total. The Hall–Kier alpha value is -0.390. The molecule has 0 amide bonds. The predicted molar refractivity (Wildman–Crippen MR) is 21.1 cm³/mol. The van der Waals surface area contributed by atoms with E-state index in [0.29, 0.717) is 0 Å². The van der Waals surface area contributed by atoms with Gasteiger partial charge in [-0.05, 0) is 0 Å². The van der Waals surface area contributed by atoms with E-state index in [-0.39, 0.29) is 7.35 Å². The maximum Gasteiger partial charge on any atom is 0.631 e. The first kappa shape index (κ1) is 9.79. The smallest absolute Gasteiger partial charge is 0.402 e. The quantitative estimate of drug-likeness (QED) is 0.245. The molecule has 0 aliphatic heterocycles. The van der Waals surface area contributed by atoms with Gasteiger partial charge in [0.1, 0.15) is 0 Å². The first-order valence-electron chi connectivity index (χ1n) is 1.27. The zero-order valence-corrected chi connectivity index (χ0v) is 3.35. The van der Waals surface area contributed by atoms with Crippen LogP contribution in [-0.4, -0.2) is 34.8 Å². The largest absolute Gasteiger partial charge is 0.631 e. The van der Waals surface area contributed by atoms with Crippen LogP contribution in [0.4, 0.5) is 0 Å². The van der Waals surface area contributed by atoms with Gasteiger partial charge in [-0.1, -0.05) is 0 Å². The molecule has 0 aromatic rings. The molecule has 0 heterocycles. The second kappa shape index (κ2) is 9.15. The Morgan fingerprint density at radius 2 is 1.29 bits per heavy atom. The molecule has 0 atom stereocenters. The summed E-state index contributed by atoms with van der Waals surface area (Å²) in [5.41, 5.74) is 0. The van der Waals surface area contributed by atoms with Gasteiger partial charge in [0.2, 0.25) is 0 Å². The molecular formula is H4B2O5. The minimum Gasteiger partial charge on any atom is -0.402 e. The predicted octanol–water partition coefficient (Wildman–Crippen LogP) is -3.11. The minimum atomic E-state index is -2.17. The van der Waals surface area contributed by atoms with Crippen LogP contribution in [-0.2, 0) is 4.70 Å². The van der Waals surface area contributed by atoms with Crippen LogP contribution in [0.25, 0.3) is 0 Å². The van der Waals surface area contributed by atoms with Crippen LogP contribution < -0.4 is 0 Å². The van der Waals surface area contributed by atoms with Crippen molar-refractivity contribution in [1.29, 1.82) is 0 Å². The molecule has 0 aliphatic carbocycles. The fraction of sp³-hybridized carbons (Fsp3) is 0. The third-order valence-corrected chi connectivity index (χ3v) is 0. The Balaban J connectivity index is 0. The maximum absolute atomic E-state index is 8.36. The van der Waals surface area contributed by atoms with E-state index in [2.05, 4.69) is 0 Å². The van der Waals surface area contributed by atoms with Gasteiger partial charge < -0.3 is 15.1 Å².